The van der Waals surface area contributed by atoms with Crippen LogP contribution in [0.2, 0.25) is 5.02 Å². The standard InChI is InChI=1S/C20H21ClN2O4/c1-26-17-10-12(9-15(21)18(17)24)19-22-16-7-3-2-6-14(16)20(25)23(19)11-13-5-4-8-27-13/h2-3,6-7,9-10,13,19,22,24H,4-5,8,11H2,1H3. The smallest absolute Gasteiger partial charge is 0.257 e. The van der Waals surface area contributed by atoms with Crippen LogP contribution in [-0.4, -0.2) is 42.3 Å². The first-order valence-electron chi connectivity index (χ1n) is 8.93. The maximum atomic E-state index is 13.2. The van der Waals surface area contributed by atoms with Crippen LogP contribution >= 0.6 is 11.6 Å². The number of benzene rings is 2. The van der Waals surface area contributed by atoms with E-state index in [9.17, 15) is 9.90 Å². The molecule has 0 saturated carbocycles. The third kappa shape index (κ3) is 3.31. The van der Waals surface area contributed by atoms with E-state index in [1.54, 1.807) is 17.0 Å². The maximum absolute atomic E-state index is 13.2. The molecular weight excluding hydrogens is 368 g/mol. The summed E-state index contributed by atoms with van der Waals surface area (Å²) in [5.41, 5.74) is 2.12. The average Bonchev–Trinajstić information content (AvgIpc) is 3.19. The van der Waals surface area contributed by atoms with Crippen LogP contribution in [0.3, 0.4) is 0 Å². The van der Waals surface area contributed by atoms with E-state index >= 15 is 0 Å². The highest BCUT2D eigenvalue weighted by molar-refractivity contribution is 6.32. The van der Waals surface area contributed by atoms with E-state index in [1.165, 1.54) is 7.11 Å². The Morgan fingerprint density at radius 1 is 1.37 bits per heavy atom. The van der Waals surface area contributed by atoms with Crippen molar-refractivity contribution < 1.29 is 19.4 Å². The van der Waals surface area contributed by atoms with Crippen LogP contribution in [-0.2, 0) is 4.74 Å². The summed E-state index contributed by atoms with van der Waals surface area (Å²) in [5.74, 6) is 0.0896. The normalized spacial score (nSPS) is 21.7. The van der Waals surface area contributed by atoms with Gasteiger partial charge in [0, 0.05) is 24.4 Å². The van der Waals surface area contributed by atoms with Gasteiger partial charge < -0.3 is 24.8 Å². The summed E-state index contributed by atoms with van der Waals surface area (Å²) in [7, 11) is 1.47. The van der Waals surface area contributed by atoms with Crippen molar-refractivity contribution in [2.75, 3.05) is 25.6 Å². The van der Waals surface area contributed by atoms with Crippen molar-refractivity contribution in [1.82, 2.24) is 4.90 Å². The number of hydrogen-bond acceptors (Lipinski definition) is 5. The van der Waals surface area contributed by atoms with Crippen molar-refractivity contribution in [3.05, 3.63) is 52.5 Å². The minimum Gasteiger partial charge on any atom is -0.503 e. The van der Waals surface area contributed by atoms with E-state index in [0.717, 1.165) is 30.7 Å². The molecule has 2 aromatic carbocycles. The minimum absolute atomic E-state index is 0.0120. The molecule has 2 aliphatic heterocycles. The number of amides is 1. The van der Waals surface area contributed by atoms with Crippen LogP contribution in [0.1, 0.15) is 34.9 Å². The number of carbonyl (C=O) groups excluding carboxylic acids is 1. The molecule has 2 aromatic rings. The highest BCUT2D eigenvalue weighted by Gasteiger charge is 2.35. The molecule has 0 bridgehead atoms. The summed E-state index contributed by atoms with van der Waals surface area (Å²) in [6, 6.07) is 10.8. The number of aromatic hydroxyl groups is 1. The van der Waals surface area contributed by atoms with Gasteiger partial charge in [-0.15, -0.1) is 0 Å². The molecule has 0 radical (unpaired) electrons. The maximum Gasteiger partial charge on any atom is 0.257 e. The van der Waals surface area contributed by atoms with Crippen molar-refractivity contribution >= 4 is 23.2 Å². The van der Waals surface area contributed by atoms with Crippen LogP contribution in [0.25, 0.3) is 0 Å². The van der Waals surface area contributed by atoms with Gasteiger partial charge in [-0.1, -0.05) is 23.7 Å². The quantitative estimate of drug-likeness (QED) is 0.833. The van der Waals surface area contributed by atoms with Crippen molar-refractivity contribution in [2.24, 2.45) is 0 Å². The van der Waals surface area contributed by atoms with Crippen molar-refractivity contribution in [3.63, 3.8) is 0 Å². The number of para-hydroxylation sites is 1. The van der Waals surface area contributed by atoms with E-state index in [1.807, 2.05) is 24.3 Å². The molecule has 1 saturated heterocycles. The molecular formula is C20H21ClN2O4. The molecule has 6 nitrogen and oxygen atoms in total. The van der Waals surface area contributed by atoms with Gasteiger partial charge in [0.2, 0.25) is 0 Å². The molecule has 0 spiro atoms. The van der Waals surface area contributed by atoms with Gasteiger partial charge in [0.25, 0.3) is 5.91 Å². The number of nitrogens with one attached hydrogen (secondary N) is 1. The largest absolute Gasteiger partial charge is 0.503 e. The molecule has 2 atom stereocenters. The third-order valence-electron chi connectivity index (χ3n) is 5.03. The number of anilines is 1. The van der Waals surface area contributed by atoms with Gasteiger partial charge in [0.05, 0.1) is 23.8 Å². The lowest BCUT2D eigenvalue weighted by Gasteiger charge is -2.39. The fourth-order valence-electron chi connectivity index (χ4n) is 3.66. The lowest BCUT2D eigenvalue weighted by Crippen LogP contribution is -2.46. The number of ether oxygens (including phenoxy) is 2. The molecule has 0 aliphatic carbocycles. The molecule has 4 rings (SSSR count). The zero-order valence-electron chi connectivity index (χ0n) is 14.9. The zero-order chi connectivity index (χ0) is 19.0. The monoisotopic (exact) mass is 388 g/mol. The first-order valence-corrected chi connectivity index (χ1v) is 9.31. The van der Waals surface area contributed by atoms with Gasteiger partial charge in [-0.3, -0.25) is 4.79 Å². The molecule has 1 amide bonds. The summed E-state index contributed by atoms with van der Waals surface area (Å²) in [6.45, 7) is 1.20. The van der Waals surface area contributed by atoms with Crippen molar-refractivity contribution in [1.29, 1.82) is 0 Å². The zero-order valence-corrected chi connectivity index (χ0v) is 15.7. The molecule has 2 aliphatic rings. The van der Waals surface area contributed by atoms with Gasteiger partial charge in [-0.2, -0.15) is 0 Å². The number of methoxy groups -OCH3 is 1. The van der Waals surface area contributed by atoms with Crippen LogP contribution in [0, 0.1) is 0 Å². The summed E-state index contributed by atoms with van der Waals surface area (Å²) < 4.78 is 11.0. The second-order valence-electron chi connectivity index (χ2n) is 6.74. The number of phenols is 1. The first kappa shape index (κ1) is 17.9. The van der Waals surface area contributed by atoms with E-state index < -0.39 is 6.17 Å². The predicted octanol–water partition coefficient (Wildman–Crippen LogP) is 3.80. The molecule has 142 valence electrons. The third-order valence-corrected chi connectivity index (χ3v) is 5.32. The van der Waals surface area contributed by atoms with Gasteiger partial charge in [0.15, 0.2) is 11.5 Å². The number of fused-ring (bicyclic) bond motifs is 1. The fraction of sp³-hybridized carbons (Fsp3) is 0.350. The molecule has 1 fully saturated rings. The van der Waals surface area contributed by atoms with Crippen LogP contribution in [0.4, 0.5) is 5.69 Å². The molecule has 2 heterocycles. The van der Waals surface area contributed by atoms with Crippen LogP contribution in [0.5, 0.6) is 11.5 Å². The number of rotatable bonds is 4. The molecule has 7 heteroatoms. The Morgan fingerprint density at radius 2 is 2.19 bits per heavy atom. The van der Waals surface area contributed by atoms with Gasteiger partial charge in [-0.25, -0.2) is 0 Å². The number of halogens is 1. The SMILES string of the molecule is COc1cc(C2Nc3ccccc3C(=O)N2CC2CCCO2)cc(Cl)c1O. The Morgan fingerprint density at radius 3 is 2.93 bits per heavy atom. The van der Waals surface area contributed by atoms with E-state index in [0.29, 0.717) is 12.1 Å². The Kier molecular flexibility index (Phi) is 4.85. The fourth-order valence-corrected chi connectivity index (χ4v) is 3.88. The highest BCUT2D eigenvalue weighted by atomic mass is 35.5. The topological polar surface area (TPSA) is 71.0 Å². The number of nitrogens with zero attached hydrogens (tertiary/aromatic N) is 1. The average molecular weight is 389 g/mol. The van der Waals surface area contributed by atoms with Gasteiger partial charge in [0.1, 0.15) is 6.17 Å². The van der Waals surface area contributed by atoms with E-state index in [2.05, 4.69) is 5.32 Å². The lowest BCUT2D eigenvalue weighted by molar-refractivity contribution is 0.0426. The van der Waals surface area contributed by atoms with E-state index in [4.69, 9.17) is 21.1 Å². The Balaban J connectivity index is 1.76. The minimum atomic E-state index is -0.441. The summed E-state index contributed by atoms with van der Waals surface area (Å²) >= 11 is 6.19. The Labute approximate surface area is 162 Å². The second kappa shape index (κ2) is 7.29. The van der Waals surface area contributed by atoms with Gasteiger partial charge >= 0.3 is 0 Å². The van der Waals surface area contributed by atoms with Gasteiger partial charge in [-0.05, 0) is 37.1 Å². The molecule has 0 aromatic heterocycles. The molecule has 2 N–H and O–H groups in total. The Hall–Kier alpha value is -2.44. The number of phenolic OH excluding ortho intramolecular Hbond substituents is 1. The Bertz CT molecular complexity index is 867. The predicted molar refractivity (Wildman–Crippen MR) is 102 cm³/mol. The first-order chi connectivity index (χ1) is 13.1. The second-order valence-corrected chi connectivity index (χ2v) is 7.15. The van der Waals surface area contributed by atoms with Crippen molar-refractivity contribution in [2.45, 2.75) is 25.1 Å². The number of carbonyl (C=O) groups is 1. The summed E-state index contributed by atoms with van der Waals surface area (Å²) in [4.78, 5) is 15.0. The van der Waals surface area contributed by atoms with Crippen molar-refractivity contribution in [3.8, 4) is 11.5 Å². The number of hydrogen-bond donors (Lipinski definition) is 2. The molecule has 27 heavy (non-hydrogen) atoms. The summed E-state index contributed by atoms with van der Waals surface area (Å²) in [6.07, 6.45) is 1.50. The van der Waals surface area contributed by atoms with E-state index in [-0.39, 0.29) is 28.5 Å². The molecule has 2 unspecified atom stereocenters. The lowest BCUT2D eigenvalue weighted by atomic mass is 10.0. The van der Waals surface area contributed by atoms with Crippen LogP contribution in [0.15, 0.2) is 36.4 Å². The van der Waals surface area contributed by atoms with Crippen LogP contribution < -0.4 is 10.1 Å². The highest BCUT2D eigenvalue weighted by Crippen LogP contribution is 2.40. The summed E-state index contributed by atoms with van der Waals surface area (Å²) in [5, 5.41) is 13.6.